The minimum Gasteiger partial charge on any atom is -0.496 e. The number of ether oxygens (including phenoxy) is 2. The van der Waals surface area contributed by atoms with Crippen LogP contribution in [0.3, 0.4) is 0 Å². The molecule has 0 saturated carbocycles. The molecule has 1 N–H and O–H groups in total. The van der Waals surface area contributed by atoms with E-state index in [1.807, 2.05) is 6.92 Å². The van der Waals surface area contributed by atoms with Crippen molar-refractivity contribution in [1.82, 2.24) is 10.4 Å². The van der Waals surface area contributed by atoms with E-state index in [1.165, 1.54) is 19.3 Å². The lowest BCUT2D eigenvalue weighted by atomic mass is 10.1. The molecular formula is C15H20N2O5. The number of nitrogens with zero attached hydrogens (tertiary/aromatic N) is 1. The lowest BCUT2D eigenvalue weighted by Crippen LogP contribution is -2.63. The fourth-order valence-corrected chi connectivity index (χ4v) is 2.13. The summed E-state index contributed by atoms with van der Waals surface area (Å²) >= 11 is 0. The van der Waals surface area contributed by atoms with Crippen molar-refractivity contribution < 1.29 is 23.9 Å². The highest BCUT2D eigenvalue weighted by molar-refractivity contribution is 6.02. The van der Waals surface area contributed by atoms with E-state index in [2.05, 4.69) is 5.32 Å². The number of hydrogen-bond donors (Lipinski definition) is 1. The van der Waals surface area contributed by atoms with Crippen LogP contribution in [-0.4, -0.2) is 50.3 Å². The van der Waals surface area contributed by atoms with Gasteiger partial charge in [-0.2, -0.15) is 0 Å². The average Bonchev–Trinajstić information content (AvgIpc) is 2.55. The molecule has 0 aliphatic carbocycles. The fraction of sp³-hybridized carbons (Fsp3) is 0.467. The van der Waals surface area contributed by atoms with Gasteiger partial charge in [-0.1, -0.05) is 13.0 Å². The molecule has 1 unspecified atom stereocenters. The maximum Gasteiger partial charge on any atom is 0.270 e. The summed E-state index contributed by atoms with van der Waals surface area (Å²) < 4.78 is 10.4. The molecule has 0 spiro atoms. The molecule has 0 aromatic heterocycles. The maximum absolute atomic E-state index is 12.4. The van der Waals surface area contributed by atoms with Crippen LogP contribution in [-0.2, 0) is 9.63 Å². The molecule has 1 fully saturated rings. The van der Waals surface area contributed by atoms with Gasteiger partial charge in [-0.25, -0.2) is 5.06 Å². The van der Waals surface area contributed by atoms with E-state index in [-0.39, 0.29) is 11.5 Å². The van der Waals surface area contributed by atoms with Gasteiger partial charge in [0.05, 0.1) is 27.4 Å². The van der Waals surface area contributed by atoms with Crippen molar-refractivity contribution in [2.45, 2.75) is 19.4 Å². The Labute approximate surface area is 129 Å². The topological polar surface area (TPSA) is 77.1 Å². The highest BCUT2D eigenvalue weighted by Crippen LogP contribution is 2.28. The van der Waals surface area contributed by atoms with E-state index in [0.29, 0.717) is 24.7 Å². The minimum absolute atomic E-state index is 0.254. The second-order valence-corrected chi connectivity index (χ2v) is 4.80. The van der Waals surface area contributed by atoms with Crippen molar-refractivity contribution >= 4 is 11.8 Å². The number of hydrogen-bond acceptors (Lipinski definition) is 5. The number of β-lactam (4-membered cyclic amide) rings is 1. The Hall–Kier alpha value is -2.28. The van der Waals surface area contributed by atoms with E-state index < -0.39 is 11.9 Å². The molecule has 1 aliphatic heterocycles. The van der Waals surface area contributed by atoms with Gasteiger partial charge in [-0.05, 0) is 18.6 Å². The Balaban J connectivity index is 2.04. The van der Waals surface area contributed by atoms with Gasteiger partial charge in [0, 0.05) is 0 Å². The van der Waals surface area contributed by atoms with Gasteiger partial charge < -0.3 is 14.8 Å². The molecule has 0 bridgehead atoms. The predicted molar refractivity (Wildman–Crippen MR) is 78.8 cm³/mol. The number of amides is 2. The summed E-state index contributed by atoms with van der Waals surface area (Å²) in [5.74, 6) is 0.115. The van der Waals surface area contributed by atoms with Crippen molar-refractivity contribution in [1.29, 1.82) is 0 Å². The standard InChI is InChI=1S/C15H20N2O5/c1-4-8-22-17-9-10(15(17)19)16-14(18)13-11(20-2)6-5-7-12(13)21-3/h5-7,10H,4,8-9H2,1-3H3,(H,16,18). The number of carbonyl (C=O) groups excluding carboxylic acids is 2. The largest absolute Gasteiger partial charge is 0.496 e. The molecule has 7 heteroatoms. The van der Waals surface area contributed by atoms with Crippen LogP contribution >= 0.6 is 0 Å². The third-order valence-electron chi connectivity index (χ3n) is 3.30. The maximum atomic E-state index is 12.4. The number of hydroxylamine groups is 2. The third-order valence-corrected chi connectivity index (χ3v) is 3.30. The van der Waals surface area contributed by atoms with Crippen LogP contribution in [0.1, 0.15) is 23.7 Å². The zero-order chi connectivity index (χ0) is 16.1. The Bertz CT molecular complexity index is 539. The average molecular weight is 308 g/mol. The minimum atomic E-state index is -0.584. The molecule has 7 nitrogen and oxygen atoms in total. The van der Waals surface area contributed by atoms with Crippen LogP contribution in [0.25, 0.3) is 0 Å². The third kappa shape index (κ3) is 3.14. The normalized spacial score (nSPS) is 17.0. The summed E-state index contributed by atoms with van der Waals surface area (Å²) in [7, 11) is 2.95. The van der Waals surface area contributed by atoms with Crippen molar-refractivity contribution in [2.75, 3.05) is 27.4 Å². The molecular weight excluding hydrogens is 288 g/mol. The summed E-state index contributed by atoms with van der Waals surface area (Å²) in [5.41, 5.74) is 0.272. The number of nitrogens with one attached hydrogen (secondary N) is 1. The molecule has 1 aromatic carbocycles. The van der Waals surface area contributed by atoms with Crippen molar-refractivity contribution in [2.24, 2.45) is 0 Å². The van der Waals surface area contributed by atoms with E-state index in [1.54, 1.807) is 18.2 Å². The summed E-state index contributed by atoms with van der Waals surface area (Å²) in [6, 6.07) is 4.47. The van der Waals surface area contributed by atoms with E-state index in [4.69, 9.17) is 14.3 Å². The van der Waals surface area contributed by atoms with Crippen molar-refractivity contribution in [3.8, 4) is 11.5 Å². The van der Waals surface area contributed by atoms with Gasteiger partial charge in [0.15, 0.2) is 0 Å². The van der Waals surface area contributed by atoms with Crippen molar-refractivity contribution in [3.63, 3.8) is 0 Å². The van der Waals surface area contributed by atoms with Crippen LogP contribution in [0.2, 0.25) is 0 Å². The first kappa shape index (κ1) is 16.1. The van der Waals surface area contributed by atoms with Gasteiger partial charge >= 0.3 is 0 Å². The second kappa shape index (κ2) is 7.13. The van der Waals surface area contributed by atoms with Crippen LogP contribution in [0.15, 0.2) is 18.2 Å². The highest BCUT2D eigenvalue weighted by Gasteiger charge is 2.39. The molecule has 1 aromatic rings. The fourth-order valence-electron chi connectivity index (χ4n) is 2.13. The molecule has 1 aliphatic rings. The van der Waals surface area contributed by atoms with Crippen molar-refractivity contribution in [3.05, 3.63) is 23.8 Å². The summed E-state index contributed by atoms with van der Waals surface area (Å²) in [6.45, 7) is 2.77. The SMILES string of the molecule is CCCON1CC(NC(=O)c2c(OC)cccc2OC)C1=O. The molecule has 1 saturated heterocycles. The first-order chi connectivity index (χ1) is 10.6. The zero-order valence-electron chi connectivity index (χ0n) is 12.9. The molecule has 0 radical (unpaired) electrons. The molecule has 120 valence electrons. The first-order valence-electron chi connectivity index (χ1n) is 7.08. The molecule has 2 amide bonds. The lowest BCUT2D eigenvalue weighted by Gasteiger charge is -2.37. The quantitative estimate of drug-likeness (QED) is 0.760. The molecule has 1 heterocycles. The highest BCUT2D eigenvalue weighted by atomic mass is 16.7. The van der Waals surface area contributed by atoms with E-state index in [9.17, 15) is 9.59 Å². The lowest BCUT2D eigenvalue weighted by molar-refractivity contribution is -0.213. The van der Waals surface area contributed by atoms with Gasteiger partial charge in [-0.3, -0.25) is 14.4 Å². The second-order valence-electron chi connectivity index (χ2n) is 4.80. The van der Waals surface area contributed by atoms with Crippen LogP contribution in [0, 0.1) is 0 Å². The summed E-state index contributed by atoms with van der Waals surface area (Å²) in [4.78, 5) is 29.5. The van der Waals surface area contributed by atoms with Gasteiger partial charge in [0.25, 0.3) is 11.8 Å². The number of carbonyl (C=O) groups is 2. The van der Waals surface area contributed by atoms with Gasteiger partial charge in [0.2, 0.25) is 0 Å². The van der Waals surface area contributed by atoms with Crippen LogP contribution in [0.5, 0.6) is 11.5 Å². The summed E-state index contributed by atoms with van der Waals surface area (Å²) in [6.07, 6.45) is 0.819. The molecule has 1 atom stereocenters. The number of benzene rings is 1. The van der Waals surface area contributed by atoms with E-state index in [0.717, 1.165) is 6.42 Å². The Kier molecular flexibility index (Phi) is 5.21. The predicted octanol–water partition coefficient (Wildman–Crippen LogP) is 0.986. The molecule has 22 heavy (non-hydrogen) atoms. The summed E-state index contributed by atoms with van der Waals surface area (Å²) in [5, 5.41) is 3.93. The van der Waals surface area contributed by atoms with Gasteiger partial charge in [-0.15, -0.1) is 0 Å². The van der Waals surface area contributed by atoms with Crippen LogP contribution in [0.4, 0.5) is 0 Å². The van der Waals surface area contributed by atoms with E-state index >= 15 is 0 Å². The smallest absolute Gasteiger partial charge is 0.270 e. The Morgan fingerprint density at radius 1 is 1.32 bits per heavy atom. The molecule has 2 rings (SSSR count). The van der Waals surface area contributed by atoms with Crippen LogP contribution < -0.4 is 14.8 Å². The Morgan fingerprint density at radius 2 is 1.95 bits per heavy atom. The monoisotopic (exact) mass is 308 g/mol. The first-order valence-corrected chi connectivity index (χ1v) is 7.08. The number of rotatable bonds is 7. The number of methoxy groups -OCH3 is 2. The van der Waals surface area contributed by atoms with Gasteiger partial charge in [0.1, 0.15) is 23.1 Å². The Morgan fingerprint density at radius 3 is 2.45 bits per heavy atom. The zero-order valence-corrected chi connectivity index (χ0v) is 12.9.